The zero-order valence-corrected chi connectivity index (χ0v) is 7.17. The molecule has 1 nitrogen and oxygen atoms in total. The Labute approximate surface area is 68.6 Å². The molecule has 1 aliphatic heterocycles. The number of thiophene rings is 1. The standard InChI is InChI=1S/C7H9NS2/c8-5-3-7-6(10-4-5)1-2-9-7/h1-2,5H,3-4,8H2. The second kappa shape index (κ2) is 2.57. The van der Waals surface area contributed by atoms with Gasteiger partial charge >= 0.3 is 0 Å². The summed E-state index contributed by atoms with van der Waals surface area (Å²) in [4.78, 5) is 2.93. The van der Waals surface area contributed by atoms with Crippen LogP contribution in [0.15, 0.2) is 16.3 Å². The summed E-state index contributed by atoms with van der Waals surface area (Å²) in [6, 6.07) is 2.58. The van der Waals surface area contributed by atoms with E-state index in [1.54, 1.807) is 0 Å². The molecule has 0 saturated heterocycles. The molecular formula is C7H9NS2. The first-order chi connectivity index (χ1) is 4.86. The number of hydrogen-bond acceptors (Lipinski definition) is 3. The third-order valence-electron chi connectivity index (χ3n) is 1.61. The molecule has 10 heavy (non-hydrogen) atoms. The highest BCUT2D eigenvalue weighted by atomic mass is 32.2. The largest absolute Gasteiger partial charge is 0.327 e. The van der Waals surface area contributed by atoms with E-state index in [-0.39, 0.29) is 0 Å². The Kier molecular flexibility index (Phi) is 1.72. The Morgan fingerprint density at radius 3 is 3.40 bits per heavy atom. The van der Waals surface area contributed by atoms with E-state index in [9.17, 15) is 0 Å². The zero-order valence-electron chi connectivity index (χ0n) is 5.54. The summed E-state index contributed by atoms with van der Waals surface area (Å²) in [5, 5.41) is 2.15. The molecule has 1 aromatic heterocycles. The lowest BCUT2D eigenvalue weighted by Crippen LogP contribution is -2.27. The molecular weight excluding hydrogens is 162 g/mol. The summed E-state index contributed by atoms with van der Waals surface area (Å²) in [5.74, 6) is 1.09. The molecule has 0 aliphatic carbocycles. The van der Waals surface area contributed by atoms with Crippen LogP contribution in [0.3, 0.4) is 0 Å². The van der Waals surface area contributed by atoms with Gasteiger partial charge in [-0.25, -0.2) is 0 Å². The van der Waals surface area contributed by atoms with Gasteiger partial charge in [0.1, 0.15) is 0 Å². The highest BCUT2D eigenvalue weighted by molar-refractivity contribution is 7.99. The lowest BCUT2D eigenvalue weighted by atomic mass is 10.2. The predicted molar refractivity (Wildman–Crippen MR) is 46.7 cm³/mol. The lowest BCUT2D eigenvalue weighted by molar-refractivity contribution is 0.738. The molecule has 0 aromatic carbocycles. The molecule has 0 saturated carbocycles. The van der Waals surface area contributed by atoms with Gasteiger partial charge in [0.05, 0.1) is 0 Å². The first-order valence-corrected chi connectivity index (χ1v) is 5.17. The Morgan fingerprint density at radius 2 is 2.50 bits per heavy atom. The van der Waals surface area contributed by atoms with Crippen LogP contribution in [-0.2, 0) is 6.42 Å². The summed E-state index contributed by atoms with van der Waals surface area (Å²) >= 11 is 3.72. The number of thioether (sulfide) groups is 1. The zero-order chi connectivity index (χ0) is 6.97. The third-order valence-corrected chi connectivity index (χ3v) is 3.97. The molecule has 0 amide bonds. The van der Waals surface area contributed by atoms with Crippen molar-refractivity contribution in [3.05, 3.63) is 16.3 Å². The number of hydrogen-bond donors (Lipinski definition) is 1. The molecule has 2 N–H and O–H groups in total. The minimum absolute atomic E-state index is 0.385. The van der Waals surface area contributed by atoms with Crippen LogP contribution >= 0.6 is 23.1 Å². The van der Waals surface area contributed by atoms with E-state index in [4.69, 9.17) is 5.73 Å². The molecule has 3 heteroatoms. The van der Waals surface area contributed by atoms with Crippen molar-refractivity contribution in [1.82, 2.24) is 0 Å². The van der Waals surface area contributed by atoms with Crippen LogP contribution in [0.2, 0.25) is 0 Å². The summed E-state index contributed by atoms with van der Waals surface area (Å²) in [5.41, 5.74) is 5.79. The van der Waals surface area contributed by atoms with Crippen molar-refractivity contribution < 1.29 is 0 Å². The molecule has 2 rings (SSSR count). The lowest BCUT2D eigenvalue weighted by Gasteiger charge is -2.16. The second-order valence-corrected chi connectivity index (χ2v) is 4.55. The fourth-order valence-corrected chi connectivity index (χ4v) is 3.29. The van der Waals surface area contributed by atoms with Crippen molar-refractivity contribution in [2.24, 2.45) is 5.73 Å². The average Bonchev–Trinajstić information content (AvgIpc) is 2.33. The van der Waals surface area contributed by atoms with Gasteiger partial charge in [0.2, 0.25) is 0 Å². The van der Waals surface area contributed by atoms with E-state index in [1.807, 2.05) is 23.1 Å². The molecule has 1 atom stereocenters. The first-order valence-electron chi connectivity index (χ1n) is 3.31. The topological polar surface area (TPSA) is 26.0 Å². The number of fused-ring (bicyclic) bond motifs is 1. The predicted octanol–water partition coefficient (Wildman–Crippen LogP) is 1.72. The Bertz CT molecular complexity index is 231. The van der Waals surface area contributed by atoms with E-state index >= 15 is 0 Å². The van der Waals surface area contributed by atoms with Crippen LogP contribution in [0, 0.1) is 0 Å². The minimum atomic E-state index is 0.385. The average molecular weight is 171 g/mol. The molecule has 54 valence electrons. The van der Waals surface area contributed by atoms with Crippen molar-refractivity contribution in [1.29, 1.82) is 0 Å². The Hall–Kier alpha value is 0.01000. The van der Waals surface area contributed by atoms with Crippen LogP contribution in [0.4, 0.5) is 0 Å². The van der Waals surface area contributed by atoms with E-state index in [1.165, 1.54) is 9.77 Å². The summed E-state index contributed by atoms with van der Waals surface area (Å²) < 4.78 is 0. The highest BCUT2D eigenvalue weighted by Crippen LogP contribution is 2.32. The van der Waals surface area contributed by atoms with Gasteiger partial charge in [0, 0.05) is 21.6 Å². The van der Waals surface area contributed by atoms with Gasteiger partial charge in [0.15, 0.2) is 0 Å². The molecule has 0 fully saturated rings. The molecule has 2 heterocycles. The van der Waals surface area contributed by atoms with Crippen LogP contribution in [-0.4, -0.2) is 11.8 Å². The van der Waals surface area contributed by atoms with Gasteiger partial charge in [-0.1, -0.05) is 0 Å². The molecule has 1 unspecified atom stereocenters. The number of rotatable bonds is 0. The van der Waals surface area contributed by atoms with Gasteiger partial charge in [-0.3, -0.25) is 0 Å². The van der Waals surface area contributed by atoms with Gasteiger partial charge in [-0.05, 0) is 17.9 Å². The van der Waals surface area contributed by atoms with E-state index < -0.39 is 0 Å². The van der Waals surface area contributed by atoms with Gasteiger partial charge in [-0.2, -0.15) is 0 Å². The maximum Gasteiger partial charge on any atom is 0.0212 e. The van der Waals surface area contributed by atoms with Crippen LogP contribution in [0.5, 0.6) is 0 Å². The first kappa shape index (κ1) is 6.70. The van der Waals surface area contributed by atoms with Crippen LogP contribution in [0.1, 0.15) is 4.88 Å². The van der Waals surface area contributed by atoms with Crippen LogP contribution in [0.25, 0.3) is 0 Å². The minimum Gasteiger partial charge on any atom is -0.327 e. The van der Waals surface area contributed by atoms with Gasteiger partial charge < -0.3 is 5.73 Å². The maximum atomic E-state index is 5.79. The molecule has 1 aromatic rings. The second-order valence-electron chi connectivity index (χ2n) is 2.48. The Morgan fingerprint density at radius 1 is 1.60 bits per heavy atom. The monoisotopic (exact) mass is 171 g/mol. The highest BCUT2D eigenvalue weighted by Gasteiger charge is 2.15. The van der Waals surface area contributed by atoms with E-state index in [2.05, 4.69) is 11.4 Å². The summed E-state index contributed by atoms with van der Waals surface area (Å²) in [6.07, 6.45) is 1.08. The smallest absolute Gasteiger partial charge is 0.0212 e. The van der Waals surface area contributed by atoms with Crippen molar-refractivity contribution in [3.8, 4) is 0 Å². The SMILES string of the molecule is NC1CSc2ccsc2C1. The summed E-state index contributed by atoms with van der Waals surface area (Å²) in [6.45, 7) is 0. The maximum absolute atomic E-state index is 5.79. The van der Waals surface area contributed by atoms with Gasteiger partial charge in [0.25, 0.3) is 0 Å². The van der Waals surface area contributed by atoms with Crippen molar-refractivity contribution in [2.45, 2.75) is 17.4 Å². The number of nitrogens with two attached hydrogens (primary N) is 1. The quantitative estimate of drug-likeness (QED) is 0.643. The fraction of sp³-hybridized carbons (Fsp3) is 0.429. The van der Waals surface area contributed by atoms with E-state index in [0.29, 0.717) is 6.04 Å². The Balaban J connectivity index is 2.30. The van der Waals surface area contributed by atoms with E-state index in [0.717, 1.165) is 12.2 Å². The third kappa shape index (κ3) is 1.09. The van der Waals surface area contributed by atoms with Crippen molar-refractivity contribution >= 4 is 23.1 Å². The van der Waals surface area contributed by atoms with Crippen molar-refractivity contribution in [2.75, 3.05) is 5.75 Å². The molecule has 0 radical (unpaired) electrons. The van der Waals surface area contributed by atoms with Crippen LogP contribution < -0.4 is 5.73 Å². The molecule has 0 bridgehead atoms. The summed E-state index contributed by atoms with van der Waals surface area (Å²) in [7, 11) is 0. The van der Waals surface area contributed by atoms with Crippen molar-refractivity contribution in [3.63, 3.8) is 0 Å². The van der Waals surface area contributed by atoms with Gasteiger partial charge in [-0.15, -0.1) is 23.1 Å². The molecule has 0 spiro atoms. The molecule has 1 aliphatic rings. The normalized spacial score (nSPS) is 24.3. The fourth-order valence-electron chi connectivity index (χ4n) is 1.10.